The van der Waals surface area contributed by atoms with Gasteiger partial charge >= 0.3 is 6.18 Å². The molecule has 1 aromatic heterocycles. The van der Waals surface area contributed by atoms with Crippen molar-refractivity contribution in [3.05, 3.63) is 82.9 Å². The highest BCUT2D eigenvalue weighted by Crippen LogP contribution is 2.29. The fraction of sp³-hybridized carbons (Fsp3) is 0.0500. The van der Waals surface area contributed by atoms with Crippen molar-refractivity contribution in [1.29, 1.82) is 0 Å². The molecule has 9 heteroatoms. The molecule has 0 spiro atoms. The van der Waals surface area contributed by atoms with Gasteiger partial charge in [0.25, 0.3) is 5.91 Å². The van der Waals surface area contributed by atoms with Crippen LogP contribution in [0.3, 0.4) is 0 Å². The van der Waals surface area contributed by atoms with Crippen LogP contribution in [-0.2, 0) is 11.0 Å². The first-order chi connectivity index (χ1) is 13.8. The average molecular weight is 417 g/mol. The van der Waals surface area contributed by atoms with E-state index < -0.39 is 17.6 Å². The number of hydrogen-bond acceptors (Lipinski definition) is 4. The van der Waals surface area contributed by atoms with E-state index in [0.717, 1.165) is 12.1 Å². The van der Waals surface area contributed by atoms with E-state index in [4.69, 9.17) is 0 Å². The highest BCUT2D eigenvalue weighted by molar-refractivity contribution is 7.13. The number of anilines is 2. The van der Waals surface area contributed by atoms with Crippen LogP contribution < -0.4 is 10.6 Å². The quantitative estimate of drug-likeness (QED) is 0.570. The molecule has 148 valence electrons. The molecular weight excluding hydrogens is 403 g/mol. The summed E-state index contributed by atoms with van der Waals surface area (Å²) in [5.41, 5.74) is 0.00713. The number of carbonyl (C=O) groups excluding carboxylic acids is 2. The van der Waals surface area contributed by atoms with Gasteiger partial charge in [-0.1, -0.05) is 18.2 Å². The molecule has 0 unspecified atom stereocenters. The summed E-state index contributed by atoms with van der Waals surface area (Å²) in [7, 11) is 0. The molecule has 0 bridgehead atoms. The zero-order valence-corrected chi connectivity index (χ0v) is 15.6. The summed E-state index contributed by atoms with van der Waals surface area (Å²) in [4.78, 5) is 28.1. The van der Waals surface area contributed by atoms with E-state index in [-0.39, 0.29) is 11.5 Å². The summed E-state index contributed by atoms with van der Waals surface area (Å²) >= 11 is 1.29. The first-order valence-corrected chi connectivity index (χ1v) is 9.16. The van der Waals surface area contributed by atoms with Crippen molar-refractivity contribution in [2.24, 2.45) is 0 Å². The largest absolute Gasteiger partial charge is 0.416 e. The van der Waals surface area contributed by atoms with Gasteiger partial charge in [-0.15, -0.1) is 11.3 Å². The smallest absolute Gasteiger partial charge is 0.322 e. The van der Waals surface area contributed by atoms with Gasteiger partial charge in [-0.3, -0.25) is 14.9 Å². The second kappa shape index (κ2) is 8.70. The maximum absolute atomic E-state index is 12.8. The molecule has 0 atom stereocenters. The van der Waals surface area contributed by atoms with Gasteiger partial charge in [-0.25, -0.2) is 4.98 Å². The highest BCUT2D eigenvalue weighted by atomic mass is 32.1. The fourth-order valence-electron chi connectivity index (χ4n) is 2.36. The van der Waals surface area contributed by atoms with Gasteiger partial charge in [0.1, 0.15) is 0 Å². The fourth-order valence-corrected chi connectivity index (χ4v) is 2.90. The summed E-state index contributed by atoms with van der Waals surface area (Å²) in [6, 6.07) is 10.7. The Kier molecular flexibility index (Phi) is 6.08. The van der Waals surface area contributed by atoms with Crippen LogP contribution in [0.15, 0.2) is 66.2 Å². The van der Waals surface area contributed by atoms with Crippen LogP contribution in [-0.4, -0.2) is 16.8 Å². The zero-order valence-electron chi connectivity index (χ0n) is 14.7. The number of alkyl halides is 3. The molecular formula is C20H14F3N3O2S. The topological polar surface area (TPSA) is 71.1 Å². The lowest BCUT2D eigenvalue weighted by atomic mass is 10.1. The minimum absolute atomic E-state index is 0.108. The predicted molar refractivity (Wildman–Crippen MR) is 106 cm³/mol. The Morgan fingerprint density at radius 2 is 1.83 bits per heavy atom. The summed E-state index contributed by atoms with van der Waals surface area (Å²) in [5, 5.41) is 7.36. The normalized spacial score (nSPS) is 11.4. The SMILES string of the molecule is O=C(C=Cc1cccc(NC(=O)c2cccc(C(F)(F)F)c2)c1)Nc1nccs1. The second-order valence-corrected chi connectivity index (χ2v) is 6.71. The Labute approximate surface area is 167 Å². The van der Waals surface area contributed by atoms with Crippen molar-refractivity contribution >= 4 is 40.0 Å². The number of carbonyl (C=O) groups is 2. The summed E-state index contributed by atoms with van der Waals surface area (Å²) in [6.45, 7) is 0. The van der Waals surface area contributed by atoms with E-state index in [9.17, 15) is 22.8 Å². The lowest BCUT2D eigenvalue weighted by Gasteiger charge is -2.09. The van der Waals surface area contributed by atoms with E-state index in [2.05, 4.69) is 15.6 Å². The van der Waals surface area contributed by atoms with Crippen molar-refractivity contribution < 1.29 is 22.8 Å². The van der Waals surface area contributed by atoms with Crippen LogP contribution >= 0.6 is 11.3 Å². The van der Waals surface area contributed by atoms with E-state index in [1.54, 1.807) is 41.9 Å². The molecule has 0 fully saturated rings. The summed E-state index contributed by atoms with van der Waals surface area (Å²) < 4.78 is 38.4. The standard InChI is InChI=1S/C20H14F3N3O2S/c21-20(22,23)15-5-2-4-14(12-15)18(28)25-16-6-1-3-13(11-16)7-8-17(27)26-19-24-9-10-29-19/h1-12H,(H,25,28)(H,24,26,27). The van der Waals surface area contributed by atoms with Crippen molar-refractivity contribution in [2.45, 2.75) is 6.18 Å². The van der Waals surface area contributed by atoms with Gasteiger partial charge in [0.15, 0.2) is 5.13 Å². The molecule has 0 saturated heterocycles. The zero-order chi connectivity index (χ0) is 20.9. The summed E-state index contributed by atoms with van der Waals surface area (Å²) in [5.74, 6) is -1.03. The minimum atomic E-state index is -4.53. The van der Waals surface area contributed by atoms with E-state index in [1.165, 1.54) is 29.5 Å². The number of hydrogen-bond donors (Lipinski definition) is 2. The van der Waals surface area contributed by atoms with E-state index in [1.807, 2.05) is 0 Å². The lowest BCUT2D eigenvalue weighted by Crippen LogP contribution is -2.14. The molecule has 29 heavy (non-hydrogen) atoms. The predicted octanol–water partition coefficient (Wildman–Crippen LogP) is 5.07. The van der Waals surface area contributed by atoms with Crippen LogP contribution in [0, 0.1) is 0 Å². The Hall–Kier alpha value is -3.46. The van der Waals surface area contributed by atoms with Gasteiger partial charge in [-0.05, 0) is 42.0 Å². The van der Waals surface area contributed by atoms with Gasteiger partial charge in [-0.2, -0.15) is 13.2 Å². The Bertz CT molecular complexity index is 1050. The first kappa shape index (κ1) is 20.3. The van der Waals surface area contributed by atoms with E-state index >= 15 is 0 Å². The third-order valence-corrected chi connectivity index (χ3v) is 4.37. The molecule has 0 saturated carbocycles. The van der Waals surface area contributed by atoms with Crippen molar-refractivity contribution in [1.82, 2.24) is 4.98 Å². The van der Waals surface area contributed by atoms with Crippen LogP contribution in [0.2, 0.25) is 0 Å². The third-order valence-electron chi connectivity index (χ3n) is 3.69. The van der Waals surface area contributed by atoms with E-state index in [0.29, 0.717) is 16.4 Å². The highest BCUT2D eigenvalue weighted by Gasteiger charge is 2.30. The molecule has 0 aliphatic carbocycles. The number of nitrogens with zero attached hydrogens (tertiary/aromatic N) is 1. The monoisotopic (exact) mass is 417 g/mol. The molecule has 5 nitrogen and oxygen atoms in total. The number of nitrogens with one attached hydrogen (secondary N) is 2. The van der Waals surface area contributed by atoms with Crippen LogP contribution in [0.4, 0.5) is 24.0 Å². The Balaban J connectivity index is 1.67. The first-order valence-electron chi connectivity index (χ1n) is 8.28. The molecule has 2 aromatic carbocycles. The molecule has 0 aliphatic rings. The second-order valence-electron chi connectivity index (χ2n) is 5.82. The number of rotatable bonds is 5. The molecule has 0 aliphatic heterocycles. The Morgan fingerprint density at radius 1 is 1.03 bits per heavy atom. The molecule has 1 heterocycles. The summed E-state index contributed by atoms with van der Waals surface area (Å²) in [6.07, 6.45) is -0.0984. The maximum atomic E-state index is 12.8. The van der Waals surface area contributed by atoms with Gasteiger partial charge < -0.3 is 5.32 Å². The lowest BCUT2D eigenvalue weighted by molar-refractivity contribution is -0.137. The average Bonchev–Trinajstić information content (AvgIpc) is 3.19. The van der Waals surface area contributed by atoms with Gasteiger partial charge in [0.2, 0.25) is 5.91 Å². The molecule has 2 N–H and O–H groups in total. The van der Waals surface area contributed by atoms with Gasteiger partial charge in [0, 0.05) is 28.9 Å². The molecule has 0 radical (unpaired) electrons. The minimum Gasteiger partial charge on any atom is -0.322 e. The van der Waals surface area contributed by atoms with Crippen molar-refractivity contribution in [3.8, 4) is 0 Å². The van der Waals surface area contributed by atoms with Gasteiger partial charge in [0.05, 0.1) is 5.56 Å². The van der Waals surface area contributed by atoms with Crippen molar-refractivity contribution in [3.63, 3.8) is 0 Å². The van der Waals surface area contributed by atoms with Crippen molar-refractivity contribution in [2.75, 3.05) is 10.6 Å². The molecule has 3 aromatic rings. The maximum Gasteiger partial charge on any atom is 0.416 e. The van der Waals surface area contributed by atoms with Crippen LogP contribution in [0.5, 0.6) is 0 Å². The number of amides is 2. The number of aromatic nitrogens is 1. The molecule has 2 amide bonds. The van der Waals surface area contributed by atoms with Crippen LogP contribution in [0.25, 0.3) is 6.08 Å². The third kappa shape index (κ3) is 5.76. The Morgan fingerprint density at radius 3 is 2.55 bits per heavy atom. The number of halogens is 3. The number of benzene rings is 2. The molecule has 3 rings (SSSR count). The van der Waals surface area contributed by atoms with Crippen LogP contribution in [0.1, 0.15) is 21.5 Å². The number of thiazole rings is 1.